The Morgan fingerprint density at radius 3 is 1.94 bits per heavy atom. The first kappa shape index (κ1) is 25.9. The lowest BCUT2D eigenvalue weighted by molar-refractivity contribution is -0.144. The summed E-state index contributed by atoms with van der Waals surface area (Å²) >= 11 is 0. The predicted molar refractivity (Wildman–Crippen MR) is 131 cm³/mol. The van der Waals surface area contributed by atoms with Gasteiger partial charge in [0.15, 0.2) is 0 Å². The number of esters is 2. The molecule has 0 spiro atoms. The van der Waals surface area contributed by atoms with E-state index in [4.69, 9.17) is 9.47 Å². The lowest BCUT2D eigenvalue weighted by Gasteiger charge is -2.07. The monoisotopic (exact) mass is 440 g/mol. The molecular weight excluding hydrogens is 400 g/mol. The quantitative estimate of drug-likeness (QED) is 0.143. The zero-order valence-corrected chi connectivity index (χ0v) is 19.8. The van der Waals surface area contributed by atoms with Crippen molar-refractivity contribution in [3.05, 3.63) is 42.5 Å². The fraction of sp³-hybridized carbons (Fsp3) is 0.571. The molecule has 0 heterocycles. The van der Waals surface area contributed by atoms with Crippen LogP contribution in [0.3, 0.4) is 0 Å². The molecule has 32 heavy (non-hydrogen) atoms. The average molecular weight is 441 g/mol. The van der Waals surface area contributed by atoms with Gasteiger partial charge in [-0.05, 0) is 35.7 Å². The van der Waals surface area contributed by atoms with Crippen molar-refractivity contribution in [3.63, 3.8) is 0 Å². The average Bonchev–Trinajstić information content (AvgIpc) is 2.79. The highest BCUT2D eigenvalue weighted by atomic mass is 16.5. The van der Waals surface area contributed by atoms with Gasteiger partial charge in [0.2, 0.25) is 0 Å². The molecule has 0 aromatic heterocycles. The second-order valence-corrected chi connectivity index (χ2v) is 8.59. The summed E-state index contributed by atoms with van der Waals surface area (Å²) in [5.74, 6) is -0.0122. The summed E-state index contributed by atoms with van der Waals surface area (Å²) in [6.07, 6.45) is 14.9. The van der Waals surface area contributed by atoms with Gasteiger partial charge in [-0.1, -0.05) is 101 Å². The molecule has 0 fully saturated rings. The maximum atomic E-state index is 12.0. The Balaban J connectivity index is 1.43. The van der Waals surface area contributed by atoms with Gasteiger partial charge in [0, 0.05) is 12.8 Å². The highest BCUT2D eigenvalue weighted by Gasteiger charge is 2.09. The number of fused-ring (bicyclic) bond motifs is 1. The second-order valence-electron chi connectivity index (χ2n) is 8.59. The molecule has 2 aromatic carbocycles. The normalized spacial score (nSPS) is 10.9. The molecule has 0 bridgehead atoms. The van der Waals surface area contributed by atoms with Gasteiger partial charge in [-0.15, -0.1) is 0 Å². The number of rotatable bonds is 17. The highest BCUT2D eigenvalue weighted by Crippen LogP contribution is 2.21. The van der Waals surface area contributed by atoms with E-state index in [1.165, 1.54) is 57.8 Å². The van der Waals surface area contributed by atoms with Crippen LogP contribution in [0.15, 0.2) is 42.5 Å². The van der Waals surface area contributed by atoms with Gasteiger partial charge in [0.25, 0.3) is 0 Å². The predicted octanol–water partition coefficient (Wildman–Crippen LogP) is 7.77. The molecule has 0 aliphatic heterocycles. The fourth-order valence-electron chi connectivity index (χ4n) is 3.81. The van der Waals surface area contributed by atoms with Crippen molar-refractivity contribution in [1.29, 1.82) is 0 Å². The molecule has 4 nitrogen and oxygen atoms in total. The van der Waals surface area contributed by atoms with Gasteiger partial charge in [-0.3, -0.25) is 9.59 Å². The van der Waals surface area contributed by atoms with Crippen LogP contribution in [0, 0.1) is 0 Å². The van der Waals surface area contributed by atoms with Gasteiger partial charge < -0.3 is 9.47 Å². The van der Waals surface area contributed by atoms with E-state index < -0.39 is 0 Å². The first-order valence-electron chi connectivity index (χ1n) is 12.5. The maximum Gasteiger partial charge on any atom is 0.311 e. The lowest BCUT2D eigenvalue weighted by atomic mass is 10.1. The van der Waals surface area contributed by atoms with Crippen LogP contribution in [-0.4, -0.2) is 18.5 Å². The van der Waals surface area contributed by atoms with Crippen molar-refractivity contribution in [3.8, 4) is 5.75 Å². The summed E-state index contributed by atoms with van der Waals surface area (Å²) in [6, 6.07) is 13.5. The van der Waals surface area contributed by atoms with Gasteiger partial charge in [-0.2, -0.15) is 0 Å². The van der Waals surface area contributed by atoms with Crippen LogP contribution in [0.4, 0.5) is 0 Å². The second kappa shape index (κ2) is 16.3. The molecular formula is C28H40O4. The number of carbonyl (C=O) groups excluding carboxylic acids is 2. The Labute approximate surface area is 193 Å². The lowest BCUT2D eigenvalue weighted by Crippen LogP contribution is -2.10. The summed E-state index contributed by atoms with van der Waals surface area (Å²) in [5, 5.41) is 2.14. The van der Waals surface area contributed by atoms with E-state index in [1.807, 2.05) is 36.4 Å². The molecule has 0 amide bonds. The Morgan fingerprint density at radius 2 is 1.25 bits per heavy atom. The molecule has 0 saturated heterocycles. The molecule has 0 saturated carbocycles. The first-order chi connectivity index (χ1) is 15.7. The van der Waals surface area contributed by atoms with Crippen LogP contribution < -0.4 is 4.74 Å². The van der Waals surface area contributed by atoms with Crippen molar-refractivity contribution >= 4 is 22.7 Å². The van der Waals surface area contributed by atoms with Crippen molar-refractivity contribution in [2.45, 2.75) is 96.8 Å². The van der Waals surface area contributed by atoms with E-state index in [1.54, 1.807) is 6.07 Å². The molecule has 4 heteroatoms. The number of hydrogen-bond donors (Lipinski definition) is 0. The van der Waals surface area contributed by atoms with Crippen LogP contribution in [-0.2, 0) is 14.3 Å². The molecule has 0 aliphatic rings. The molecule has 2 rings (SSSR count). The Kier molecular flexibility index (Phi) is 13.2. The van der Waals surface area contributed by atoms with Crippen LogP contribution in [0.5, 0.6) is 5.75 Å². The van der Waals surface area contributed by atoms with Gasteiger partial charge in [0.1, 0.15) is 5.75 Å². The van der Waals surface area contributed by atoms with E-state index in [9.17, 15) is 9.59 Å². The van der Waals surface area contributed by atoms with Crippen molar-refractivity contribution < 1.29 is 19.1 Å². The molecule has 0 radical (unpaired) electrons. The SMILES string of the molecule is CCCCCCCCCCCCCOC(=O)CCCC(=O)Oc1ccc2ccccc2c1. The zero-order valence-electron chi connectivity index (χ0n) is 19.8. The fourth-order valence-corrected chi connectivity index (χ4v) is 3.81. The molecule has 176 valence electrons. The van der Waals surface area contributed by atoms with Crippen molar-refractivity contribution in [1.82, 2.24) is 0 Å². The molecule has 0 unspecified atom stereocenters. The summed E-state index contributed by atoms with van der Waals surface area (Å²) in [5.41, 5.74) is 0. The minimum Gasteiger partial charge on any atom is -0.466 e. The first-order valence-corrected chi connectivity index (χ1v) is 12.5. The third kappa shape index (κ3) is 11.3. The Hall–Kier alpha value is -2.36. The molecule has 0 atom stereocenters. The van der Waals surface area contributed by atoms with E-state index in [0.717, 1.165) is 23.6 Å². The molecule has 2 aromatic rings. The van der Waals surface area contributed by atoms with Crippen molar-refractivity contribution in [2.75, 3.05) is 6.61 Å². The van der Waals surface area contributed by atoms with Crippen molar-refractivity contribution in [2.24, 2.45) is 0 Å². The zero-order chi connectivity index (χ0) is 22.9. The largest absolute Gasteiger partial charge is 0.466 e. The Bertz CT molecular complexity index is 799. The number of carbonyl (C=O) groups is 2. The number of benzene rings is 2. The van der Waals surface area contributed by atoms with E-state index in [2.05, 4.69) is 6.92 Å². The van der Waals surface area contributed by atoms with E-state index in [0.29, 0.717) is 18.8 Å². The Morgan fingerprint density at radius 1 is 0.656 bits per heavy atom. The standard InChI is InChI=1S/C28H40O4/c1-2-3-4-5-6-7-8-9-10-11-14-22-31-27(29)18-15-19-28(30)32-26-21-20-24-16-12-13-17-25(24)23-26/h12-13,16-17,20-21,23H,2-11,14-15,18-19,22H2,1H3. The summed E-state index contributed by atoms with van der Waals surface area (Å²) < 4.78 is 10.7. The van der Waals surface area contributed by atoms with Gasteiger partial charge >= 0.3 is 11.9 Å². The summed E-state index contributed by atoms with van der Waals surface area (Å²) in [7, 11) is 0. The third-order valence-electron chi connectivity index (χ3n) is 5.73. The molecule has 0 aliphatic carbocycles. The van der Waals surface area contributed by atoms with Crippen LogP contribution in [0.25, 0.3) is 10.8 Å². The number of ether oxygens (including phenoxy) is 2. The van der Waals surface area contributed by atoms with Crippen LogP contribution in [0.2, 0.25) is 0 Å². The maximum absolute atomic E-state index is 12.0. The van der Waals surface area contributed by atoms with Gasteiger partial charge in [0.05, 0.1) is 6.61 Å². The van der Waals surface area contributed by atoms with Gasteiger partial charge in [-0.25, -0.2) is 0 Å². The minimum absolute atomic E-state index is 0.209. The molecule has 0 N–H and O–H groups in total. The summed E-state index contributed by atoms with van der Waals surface area (Å²) in [4.78, 5) is 23.9. The van der Waals surface area contributed by atoms with E-state index >= 15 is 0 Å². The number of unbranched alkanes of at least 4 members (excludes halogenated alkanes) is 10. The smallest absolute Gasteiger partial charge is 0.311 e. The summed E-state index contributed by atoms with van der Waals surface area (Å²) in [6.45, 7) is 2.74. The highest BCUT2D eigenvalue weighted by molar-refractivity contribution is 5.84. The topological polar surface area (TPSA) is 52.6 Å². The van der Waals surface area contributed by atoms with Crippen LogP contribution in [0.1, 0.15) is 96.8 Å². The van der Waals surface area contributed by atoms with E-state index in [-0.39, 0.29) is 24.8 Å². The van der Waals surface area contributed by atoms with Crippen LogP contribution >= 0.6 is 0 Å². The minimum atomic E-state index is -0.321. The number of hydrogen-bond acceptors (Lipinski definition) is 4. The third-order valence-corrected chi connectivity index (χ3v) is 5.73.